The zero-order valence-corrected chi connectivity index (χ0v) is 20.6. The molecular weight excluding hydrogens is 440 g/mol. The van der Waals surface area contributed by atoms with E-state index in [1.807, 2.05) is 64.1 Å². The minimum atomic E-state index is -0.721. The van der Waals surface area contributed by atoms with Gasteiger partial charge < -0.3 is 20.6 Å². The van der Waals surface area contributed by atoms with E-state index in [0.29, 0.717) is 5.15 Å². The van der Waals surface area contributed by atoms with Crippen LogP contribution < -0.4 is 10.6 Å². The predicted molar refractivity (Wildman–Crippen MR) is 130 cm³/mol. The zero-order chi connectivity index (χ0) is 24.3. The van der Waals surface area contributed by atoms with Gasteiger partial charge in [-0.15, -0.1) is 0 Å². The summed E-state index contributed by atoms with van der Waals surface area (Å²) in [6.07, 6.45) is 1.15. The number of likely N-dealkylation sites (tertiary alicyclic amines) is 1. The Morgan fingerprint density at radius 2 is 1.88 bits per heavy atom. The minimum Gasteiger partial charge on any atom is -0.391 e. The average Bonchev–Trinajstić information content (AvgIpc) is 3.15. The molecule has 1 aliphatic heterocycles. The molecule has 3 rings (SSSR count). The summed E-state index contributed by atoms with van der Waals surface area (Å²) >= 11 is 6.19. The van der Waals surface area contributed by atoms with Gasteiger partial charge in [0.25, 0.3) is 0 Å². The number of likely N-dealkylation sites (N-methyl/N-ethyl adjacent to an activating group) is 1. The first kappa shape index (κ1) is 25.1. The SMILES string of the molecule is CN[C@H](C(=O)N1C[C@H](O)C[C@H]1C(=O)N[C@@H](C)c1ccc(-c2cccnc2Cl)cc1)C(C)(C)C. The van der Waals surface area contributed by atoms with Crippen molar-refractivity contribution in [2.75, 3.05) is 13.6 Å². The molecule has 33 heavy (non-hydrogen) atoms. The third kappa shape index (κ3) is 5.72. The number of pyridine rings is 1. The van der Waals surface area contributed by atoms with Crippen LogP contribution in [0.2, 0.25) is 5.15 Å². The summed E-state index contributed by atoms with van der Waals surface area (Å²) in [5, 5.41) is 16.7. The third-order valence-corrected chi connectivity index (χ3v) is 6.41. The maximum Gasteiger partial charge on any atom is 0.243 e. The molecule has 8 heteroatoms. The van der Waals surface area contributed by atoms with E-state index in [1.165, 1.54) is 4.90 Å². The van der Waals surface area contributed by atoms with Crippen molar-refractivity contribution in [1.82, 2.24) is 20.5 Å². The zero-order valence-electron chi connectivity index (χ0n) is 19.8. The van der Waals surface area contributed by atoms with Crippen LogP contribution in [0.1, 0.15) is 45.7 Å². The number of benzene rings is 1. The number of carbonyl (C=O) groups is 2. The molecule has 2 amide bonds. The third-order valence-electron chi connectivity index (χ3n) is 6.11. The fourth-order valence-corrected chi connectivity index (χ4v) is 4.57. The van der Waals surface area contributed by atoms with Gasteiger partial charge in [0.15, 0.2) is 0 Å². The molecule has 2 heterocycles. The van der Waals surface area contributed by atoms with Gasteiger partial charge >= 0.3 is 0 Å². The Labute approximate surface area is 200 Å². The summed E-state index contributed by atoms with van der Waals surface area (Å²) in [7, 11) is 1.74. The topological polar surface area (TPSA) is 94.6 Å². The molecule has 2 aromatic rings. The smallest absolute Gasteiger partial charge is 0.243 e. The van der Waals surface area contributed by atoms with Crippen LogP contribution in [-0.2, 0) is 9.59 Å². The number of halogens is 1. The molecule has 1 fully saturated rings. The highest BCUT2D eigenvalue weighted by molar-refractivity contribution is 6.32. The van der Waals surface area contributed by atoms with Crippen LogP contribution >= 0.6 is 11.6 Å². The van der Waals surface area contributed by atoms with Gasteiger partial charge in [-0.05, 0) is 42.6 Å². The Morgan fingerprint density at radius 1 is 1.21 bits per heavy atom. The number of rotatable bonds is 6. The molecule has 0 saturated carbocycles. The molecular formula is C25H33ClN4O3. The van der Waals surface area contributed by atoms with Gasteiger partial charge in [-0.3, -0.25) is 9.59 Å². The Bertz CT molecular complexity index is 990. The maximum absolute atomic E-state index is 13.2. The number of amides is 2. The number of nitrogens with one attached hydrogen (secondary N) is 2. The molecule has 0 spiro atoms. The number of hydrogen-bond acceptors (Lipinski definition) is 5. The van der Waals surface area contributed by atoms with Gasteiger partial charge in [0.1, 0.15) is 11.2 Å². The van der Waals surface area contributed by atoms with E-state index < -0.39 is 18.2 Å². The van der Waals surface area contributed by atoms with E-state index in [4.69, 9.17) is 11.6 Å². The predicted octanol–water partition coefficient (Wildman–Crippen LogP) is 3.18. The second-order valence-corrected chi connectivity index (χ2v) is 10.0. The first-order chi connectivity index (χ1) is 15.5. The monoisotopic (exact) mass is 472 g/mol. The van der Waals surface area contributed by atoms with Crippen molar-refractivity contribution in [3.05, 3.63) is 53.3 Å². The van der Waals surface area contributed by atoms with Crippen LogP contribution in [0.4, 0.5) is 0 Å². The number of nitrogens with zero attached hydrogens (tertiary/aromatic N) is 2. The average molecular weight is 473 g/mol. The molecule has 0 radical (unpaired) electrons. The quantitative estimate of drug-likeness (QED) is 0.561. The van der Waals surface area contributed by atoms with E-state index >= 15 is 0 Å². The van der Waals surface area contributed by atoms with Crippen molar-refractivity contribution in [2.24, 2.45) is 5.41 Å². The van der Waals surface area contributed by atoms with Gasteiger partial charge in [0.05, 0.1) is 18.2 Å². The van der Waals surface area contributed by atoms with Gasteiger partial charge in [-0.25, -0.2) is 4.98 Å². The van der Waals surface area contributed by atoms with Crippen LogP contribution in [0.15, 0.2) is 42.6 Å². The molecule has 3 N–H and O–H groups in total. The van der Waals surface area contributed by atoms with E-state index in [-0.39, 0.29) is 36.2 Å². The highest BCUT2D eigenvalue weighted by Gasteiger charge is 2.43. The van der Waals surface area contributed by atoms with Gasteiger partial charge in [-0.2, -0.15) is 0 Å². The summed E-state index contributed by atoms with van der Waals surface area (Å²) in [5.74, 6) is -0.442. The lowest BCUT2D eigenvalue weighted by atomic mass is 9.86. The molecule has 7 nitrogen and oxygen atoms in total. The Morgan fingerprint density at radius 3 is 2.45 bits per heavy atom. The largest absolute Gasteiger partial charge is 0.391 e. The van der Waals surface area contributed by atoms with E-state index in [9.17, 15) is 14.7 Å². The second kappa shape index (κ2) is 10.2. The molecule has 0 aliphatic carbocycles. The number of aromatic nitrogens is 1. The summed E-state index contributed by atoms with van der Waals surface area (Å²) < 4.78 is 0. The van der Waals surface area contributed by atoms with Crippen LogP contribution in [-0.4, -0.2) is 58.6 Å². The number of aliphatic hydroxyl groups is 1. The summed E-state index contributed by atoms with van der Waals surface area (Å²) in [6.45, 7) is 7.96. The normalized spacial score (nSPS) is 20.4. The standard InChI is InChI=1S/C25H33ClN4O3/c1-15(16-8-10-17(11-9-16)19-7-6-12-28-22(19)26)29-23(32)20-13-18(31)14-30(20)24(33)21(27-5)25(2,3)4/h6-12,15,18,20-21,27,31H,13-14H2,1-5H3,(H,29,32)/t15-,18+,20-,21+/m0/s1. The Kier molecular flexibility index (Phi) is 7.77. The molecule has 1 saturated heterocycles. The van der Waals surface area contributed by atoms with Gasteiger partial charge in [0.2, 0.25) is 11.8 Å². The van der Waals surface area contributed by atoms with E-state index in [0.717, 1.165) is 16.7 Å². The van der Waals surface area contributed by atoms with Crippen molar-refractivity contribution >= 4 is 23.4 Å². The second-order valence-electron chi connectivity index (χ2n) is 9.68. The van der Waals surface area contributed by atoms with Crippen LogP contribution in [0.5, 0.6) is 0 Å². The molecule has 1 aromatic heterocycles. The molecule has 178 valence electrons. The van der Waals surface area contributed by atoms with E-state index in [1.54, 1.807) is 13.2 Å². The lowest BCUT2D eigenvalue weighted by Crippen LogP contribution is -2.56. The maximum atomic E-state index is 13.2. The van der Waals surface area contributed by atoms with Crippen LogP contribution in [0.25, 0.3) is 11.1 Å². The molecule has 4 atom stereocenters. The van der Waals surface area contributed by atoms with Crippen molar-refractivity contribution < 1.29 is 14.7 Å². The highest BCUT2D eigenvalue weighted by Crippen LogP contribution is 2.28. The number of aliphatic hydroxyl groups excluding tert-OH is 1. The molecule has 1 aliphatic rings. The number of carbonyl (C=O) groups excluding carboxylic acids is 2. The van der Waals surface area contributed by atoms with Crippen molar-refractivity contribution in [2.45, 2.75) is 58.3 Å². The molecule has 0 bridgehead atoms. The Hall–Kier alpha value is -2.48. The fraction of sp³-hybridized carbons (Fsp3) is 0.480. The lowest BCUT2D eigenvalue weighted by Gasteiger charge is -2.34. The summed E-state index contributed by atoms with van der Waals surface area (Å²) in [6, 6.07) is 10.1. The van der Waals surface area contributed by atoms with Crippen molar-refractivity contribution in [1.29, 1.82) is 0 Å². The fourth-order valence-electron chi connectivity index (χ4n) is 4.34. The summed E-state index contributed by atoms with van der Waals surface area (Å²) in [5.41, 5.74) is 2.37. The van der Waals surface area contributed by atoms with Gasteiger partial charge in [0, 0.05) is 24.7 Å². The van der Waals surface area contributed by atoms with Crippen LogP contribution in [0, 0.1) is 5.41 Å². The summed E-state index contributed by atoms with van der Waals surface area (Å²) in [4.78, 5) is 31.9. The molecule has 0 unspecified atom stereocenters. The molecule has 1 aromatic carbocycles. The van der Waals surface area contributed by atoms with E-state index in [2.05, 4.69) is 15.6 Å². The van der Waals surface area contributed by atoms with Crippen molar-refractivity contribution in [3.63, 3.8) is 0 Å². The minimum absolute atomic E-state index is 0.153. The lowest BCUT2D eigenvalue weighted by molar-refractivity contribution is -0.142. The first-order valence-electron chi connectivity index (χ1n) is 11.2. The highest BCUT2D eigenvalue weighted by atomic mass is 35.5. The number of hydrogen-bond donors (Lipinski definition) is 3. The van der Waals surface area contributed by atoms with Gasteiger partial charge in [-0.1, -0.05) is 56.6 Å². The first-order valence-corrected chi connectivity index (χ1v) is 11.6. The van der Waals surface area contributed by atoms with Crippen LogP contribution in [0.3, 0.4) is 0 Å². The van der Waals surface area contributed by atoms with Crippen molar-refractivity contribution in [3.8, 4) is 11.1 Å². The number of β-amino-alcohol motifs (C(OH)–C–C–N with tert-alkyl or cyclic N) is 1. The Balaban J connectivity index is 1.71.